The Morgan fingerprint density at radius 3 is 0.700 bits per heavy atom. The zero-order chi connectivity index (χ0) is 7.15. The Balaban J connectivity index is -0.0000000300. The SMILES string of the molecule is O=S(O)O.O=S(O)O.[NaH].[NaH]. The van der Waals surface area contributed by atoms with Crippen LogP contribution in [0.3, 0.4) is 0 Å². The van der Waals surface area contributed by atoms with Gasteiger partial charge in [-0.3, -0.25) is 18.2 Å². The fraction of sp³-hybridized carbons (Fsp3) is 0. The maximum atomic E-state index is 8.67. The second-order valence-corrected chi connectivity index (χ2v) is 1.38. The molecule has 0 spiro atoms. The van der Waals surface area contributed by atoms with Crippen LogP contribution in [0.5, 0.6) is 0 Å². The van der Waals surface area contributed by atoms with Crippen molar-refractivity contribution in [3.63, 3.8) is 0 Å². The van der Waals surface area contributed by atoms with Crippen LogP contribution in [-0.4, -0.2) is 85.7 Å². The van der Waals surface area contributed by atoms with Gasteiger partial charge in [-0.15, -0.1) is 0 Å². The van der Waals surface area contributed by atoms with Crippen LogP contribution in [-0.2, 0) is 22.7 Å². The van der Waals surface area contributed by atoms with E-state index in [2.05, 4.69) is 0 Å². The van der Waals surface area contributed by atoms with Crippen molar-refractivity contribution < 1.29 is 26.6 Å². The van der Waals surface area contributed by atoms with Crippen LogP contribution in [0.15, 0.2) is 0 Å². The number of hydrogen-bond donors (Lipinski definition) is 4. The van der Waals surface area contributed by atoms with Gasteiger partial charge >= 0.3 is 59.1 Å². The Kier molecular flexibility index (Phi) is 39.3. The summed E-state index contributed by atoms with van der Waals surface area (Å²) in [6.07, 6.45) is 0. The van der Waals surface area contributed by atoms with E-state index in [0.717, 1.165) is 0 Å². The van der Waals surface area contributed by atoms with Gasteiger partial charge in [0.25, 0.3) is 22.7 Å². The summed E-state index contributed by atoms with van der Waals surface area (Å²) in [4.78, 5) is 0. The van der Waals surface area contributed by atoms with Crippen LogP contribution in [0.4, 0.5) is 0 Å². The fourth-order valence-electron chi connectivity index (χ4n) is 0. The van der Waals surface area contributed by atoms with Crippen molar-refractivity contribution in [3.8, 4) is 0 Å². The Bertz CT molecular complexity index is 71.7. The van der Waals surface area contributed by atoms with E-state index in [-0.39, 0.29) is 59.1 Å². The molecule has 0 saturated carbocycles. The summed E-state index contributed by atoms with van der Waals surface area (Å²) in [5.41, 5.74) is 0. The Morgan fingerprint density at radius 2 is 0.700 bits per heavy atom. The van der Waals surface area contributed by atoms with Gasteiger partial charge in [-0.2, -0.15) is 8.42 Å². The molecule has 0 saturated heterocycles. The van der Waals surface area contributed by atoms with Gasteiger partial charge in [0.2, 0.25) is 0 Å². The molecule has 6 nitrogen and oxygen atoms in total. The predicted octanol–water partition coefficient (Wildman–Crippen LogP) is -1.93. The molecule has 0 aromatic rings. The molecule has 0 aliphatic heterocycles. The van der Waals surface area contributed by atoms with Gasteiger partial charge in [0.1, 0.15) is 0 Å². The molecule has 0 aliphatic rings. The van der Waals surface area contributed by atoms with Crippen LogP contribution < -0.4 is 0 Å². The molecule has 0 aromatic carbocycles. The summed E-state index contributed by atoms with van der Waals surface area (Å²) in [6.45, 7) is 0. The first kappa shape index (κ1) is 22.7. The van der Waals surface area contributed by atoms with Crippen LogP contribution in [0, 0.1) is 0 Å². The van der Waals surface area contributed by atoms with E-state index < -0.39 is 22.7 Å². The van der Waals surface area contributed by atoms with Gasteiger partial charge in [0.15, 0.2) is 0 Å². The zero-order valence-electron chi connectivity index (χ0n) is 3.42. The van der Waals surface area contributed by atoms with E-state index in [4.69, 9.17) is 26.6 Å². The third-order valence-corrected chi connectivity index (χ3v) is 0. The average molecular weight is 212 g/mol. The van der Waals surface area contributed by atoms with Gasteiger partial charge in [-0.05, 0) is 0 Å². The molecular formula is H6Na2O6S2. The van der Waals surface area contributed by atoms with E-state index in [1.165, 1.54) is 0 Å². The first-order valence-corrected chi connectivity index (χ1v) is 3.19. The van der Waals surface area contributed by atoms with Crippen molar-refractivity contribution in [1.29, 1.82) is 0 Å². The molecule has 0 aliphatic carbocycles. The summed E-state index contributed by atoms with van der Waals surface area (Å²) in [5.74, 6) is 0. The van der Waals surface area contributed by atoms with Gasteiger partial charge < -0.3 is 0 Å². The molecule has 0 atom stereocenters. The van der Waals surface area contributed by atoms with E-state index in [1.54, 1.807) is 0 Å². The van der Waals surface area contributed by atoms with E-state index >= 15 is 0 Å². The summed E-state index contributed by atoms with van der Waals surface area (Å²) in [7, 11) is 0. The van der Waals surface area contributed by atoms with Crippen LogP contribution in [0.25, 0.3) is 0 Å². The third-order valence-electron chi connectivity index (χ3n) is 0. The molecule has 4 N–H and O–H groups in total. The second-order valence-electron chi connectivity index (χ2n) is 0.461. The molecule has 0 fully saturated rings. The van der Waals surface area contributed by atoms with Crippen LogP contribution in [0.2, 0.25) is 0 Å². The molecule has 10 heteroatoms. The molecule has 0 bridgehead atoms. The normalized spacial score (nSPS) is 7.00. The Hall–Kier alpha value is 2.14. The fourth-order valence-corrected chi connectivity index (χ4v) is 0. The predicted molar refractivity (Wildman–Crippen MR) is 41.1 cm³/mol. The first-order chi connectivity index (χ1) is 3.46. The monoisotopic (exact) mass is 212 g/mol. The van der Waals surface area contributed by atoms with Gasteiger partial charge in [-0.25, -0.2) is 0 Å². The van der Waals surface area contributed by atoms with Crippen molar-refractivity contribution in [2.24, 2.45) is 0 Å². The molecule has 10 heavy (non-hydrogen) atoms. The zero-order valence-corrected chi connectivity index (χ0v) is 5.05. The molecule has 56 valence electrons. The van der Waals surface area contributed by atoms with E-state index in [1.807, 2.05) is 0 Å². The van der Waals surface area contributed by atoms with Gasteiger partial charge in [-0.1, -0.05) is 0 Å². The summed E-state index contributed by atoms with van der Waals surface area (Å²) >= 11 is -5.22. The molecule has 0 amide bonds. The van der Waals surface area contributed by atoms with Crippen molar-refractivity contribution in [2.75, 3.05) is 0 Å². The Labute approximate surface area is 107 Å². The summed E-state index contributed by atoms with van der Waals surface area (Å²) in [5, 5.41) is 0. The van der Waals surface area contributed by atoms with Crippen molar-refractivity contribution >= 4 is 81.8 Å². The number of rotatable bonds is 0. The standard InChI is InChI=1S/2Na.2H2O3S.2H/c;;2*1-4(2)3;;/h;;2*(H2,1,2,3);;. The van der Waals surface area contributed by atoms with Crippen LogP contribution >= 0.6 is 0 Å². The molecule has 0 aromatic heterocycles. The van der Waals surface area contributed by atoms with Crippen molar-refractivity contribution in [2.45, 2.75) is 0 Å². The average Bonchev–Trinajstić information content (AvgIpc) is 1.25. The third kappa shape index (κ3) is 185. The minimum absolute atomic E-state index is 0. The van der Waals surface area contributed by atoms with Crippen LogP contribution in [0.1, 0.15) is 0 Å². The molecular weight excluding hydrogens is 206 g/mol. The summed E-state index contributed by atoms with van der Waals surface area (Å²) < 4.78 is 45.7. The van der Waals surface area contributed by atoms with Gasteiger partial charge in [0, 0.05) is 0 Å². The van der Waals surface area contributed by atoms with Gasteiger partial charge in [0.05, 0.1) is 0 Å². The second kappa shape index (κ2) is 17.3. The maximum absolute atomic E-state index is 8.67. The van der Waals surface area contributed by atoms with Crippen molar-refractivity contribution in [3.05, 3.63) is 0 Å². The molecule has 0 radical (unpaired) electrons. The first-order valence-electron chi connectivity index (χ1n) is 1.06. The van der Waals surface area contributed by atoms with E-state index in [9.17, 15) is 0 Å². The van der Waals surface area contributed by atoms with Crippen molar-refractivity contribution in [1.82, 2.24) is 0 Å². The quantitative estimate of drug-likeness (QED) is 0.274. The van der Waals surface area contributed by atoms with E-state index in [0.29, 0.717) is 0 Å². The Morgan fingerprint density at radius 1 is 0.700 bits per heavy atom. The molecule has 0 heterocycles. The minimum atomic E-state index is -2.61. The summed E-state index contributed by atoms with van der Waals surface area (Å²) in [6, 6.07) is 0. The number of hydrogen-bond acceptors (Lipinski definition) is 2. The molecule has 0 unspecified atom stereocenters. The molecule has 0 rings (SSSR count). The topological polar surface area (TPSA) is 115 Å².